The molecule has 0 amide bonds. The molecule has 110 valence electrons. The van der Waals surface area contributed by atoms with Crippen molar-refractivity contribution >= 4 is 11.6 Å². The fourth-order valence-corrected chi connectivity index (χ4v) is 1.82. The second-order valence-corrected chi connectivity index (χ2v) is 4.67. The molecule has 0 atom stereocenters. The summed E-state index contributed by atoms with van der Waals surface area (Å²) in [6.45, 7) is 9.95. The lowest BCUT2D eigenvalue weighted by molar-refractivity contribution is 0.642. The molecule has 1 aliphatic rings. The Hall–Kier alpha value is -1.35. The molecule has 1 aliphatic carbocycles. The van der Waals surface area contributed by atoms with E-state index in [0.29, 0.717) is 6.04 Å². The average molecular weight is 294 g/mol. The molecule has 1 fully saturated rings. The van der Waals surface area contributed by atoms with Gasteiger partial charge < -0.3 is 0 Å². The van der Waals surface area contributed by atoms with Crippen LogP contribution in [0.3, 0.4) is 0 Å². The highest BCUT2D eigenvalue weighted by molar-refractivity contribution is 6.31. The number of pyridine rings is 1. The molecule has 0 unspecified atom stereocenters. The standard InChI is InChI=1S/C12H12ClN3.2C2H6/c1-8-5-14-12(4-11(8)13)9-6-15-16(7-9)10-2-3-10;2*1-2/h4-7,10H,2-3H2,1H3;2*1-2H3. The van der Waals surface area contributed by atoms with Crippen LogP contribution in [0.2, 0.25) is 5.02 Å². The van der Waals surface area contributed by atoms with Gasteiger partial charge in [-0.2, -0.15) is 5.10 Å². The molecule has 0 aromatic carbocycles. The van der Waals surface area contributed by atoms with Gasteiger partial charge in [-0.3, -0.25) is 9.67 Å². The SMILES string of the molecule is CC.CC.Cc1cnc(-c2cnn(C3CC3)c2)cc1Cl. The van der Waals surface area contributed by atoms with Crippen molar-refractivity contribution in [3.8, 4) is 11.3 Å². The summed E-state index contributed by atoms with van der Waals surface area (Å²) in [4.78, 5) is 4.36. The van der Waals surface area contributed by atoms with Crippen molar-refractivity contribution in [2.45, 2.75) is 53.5 Å². The first-order valence-electron chi connectivity index (χ1n) is 7.41. The van der Waals surface area contributed by atoms with Crippen LogP contribution in [-0.4, -0.2) is 14.8 Å². The van der Waals surface area contributed by atoms with Crippen molar-refractivity contribution in [1.29, 1.82) is 0 Å². The van der Waals surface area contributed by atoms with Gasteiger partial charge in [-0.05, 0) is 31.4 Å². The Morgan fingerprint density at radius 2 is 1.80 bits per heavy atom. The molecule has 0 radical (unpaired) electrons. The Morgan fingerprint density at radius 3 is 2.35 bits per heavy atom. The summed E-state index contributed by atoms with van der Waals surface area (Å²) in [5.74, 6) is 0. The van der Waals surface area contributed by atoms with Crippen LogP contribution in [0.4, 0.5) is 0 Å². The molecule has 3 nitrogen and oxygen atoms in total. The lowest BCUT2D eigenvalue weighted by Gasteiger charge is -2.00. The van der Waals surface area contributed by atoms with Gasteiger partial charge in [-0.15, -0.1) is 0 Å². The molecular formula is C16H24ClN3. The normalized spacial score (nSPS) is 12.9. The van der Waals surface area contributed by atoms with Crippen LogP contribution in [-0.2, 0) is 0 Å². The molecule has 0 N–H and O–H groups in total. The summed E-state index contributed by atoms with van der Waals surface area (Å²) in [5, 5.41) is 5.09. The summed E-state index contributed by atoms with van der Waals surface area (Å²) in [5.41, 5.74) is 2.93. The minimum absolute atomic E-state index is 0.606. The second kappa shape index (κ2) is 8.05. The number of nitrogens with zero attached hydrogens (tertiary/aromatic N) is 3. The summed E-state index contributed by atoms with van der Waals surface area (Å²) in [6.07, 6.45) is 8.18. The zero-order valence-electron chi connectivity index (χ0n) is 13.0. The predicted octanol–water partition coefficient (Wildman–Crippen LogP) is 5.29. The minimum Gasteiger partial charge on any atom is -0.269 e. The largest absolute Gasteiger partial charge is 0.269 e. The Kier molecular flexibility index (Phi) is 6.73. The average Bonchev–Trinajstić information content (AvgIpc) is 3.24. The first-order chi connectivity index (χ1) is 9.74. The minimum atomic E-state index is 0.606. The van der Waals surface area contributed by atoms with E-state index in [1.54, 1.807) is 6.20 Å². The Morgan fingerprint density at radius 1 is 1.15 bits per heavy atom. The van der Waals surface area contributed by atoms with Gasteiger partial charge in [0, 0.05) is 23.0 Å². The Balaban J connectivity index is 0.000000461. The molecule has 20 heavy (non-hydrogen) atoms. The van der Waals surface area contributed by atoms with Crippen LogP contribution in [0.5, 0.6) is 0 Å². The van der Waals surface area contributed by atoms with E-state index < -0.39 is 0 Å². The van der Waals surface area contributed by atoms with Gasteiger partial charge in [0.05, 0.1) is 17.9 Å². The zero-order valence-corrected chi connectivity index (χ0v) is 13.8. The van der Waals surface area contributed by atoms with Gasteiger partial charge in [0.25, 0.3) is 0 Å². The van der Waals surface area contributed by atoms with Crippen molar-refractivity contribution in [2.24, 2.45) is 0 Å². The van der Waals surface area contributed by atoms with Gasteiger partial charge in [0.1, 0.15) is 0 Å². The first-order valence-corrected chi connectivity index (χ1v) is 7.78. The maximum atomic E-state index is 6.08. The lowest BCUT2D eigenvalue weighted by Crippen LogP contribution is -1.92. The number of hydrogen-bond acceptors (Lipinski definition) is 2. The maximum Gasteiger partial charge on any atom is 0.0748 e. The zero-order chi connectivity index (χ0) is 15.1. The summed E-state index contributed by atoms with van der Waals surface area (Å²) in [7, 11) is 0. The third-order valence-electron chi connectivity index (χ3n) is 2.86. The second-order valence-electron chi connectivity index (χ2n) is 4.26. The maximum absolute atomic E-state index is 6.08. The molecule has 3 rings (SSSR count). The molecule has 1 saturated carbocycles. The molecule has 0 bridgehead atoms. The molecule has 4 heteroatoms. The highest BCUT2D eigenvalue weighted by Crippen LogP contribution is 2.35. The van der Waals surface area contributed by atoms with Gasteiger partial charge in [-0.1, -0.05) is 39.3 Å². The molecule has 2 aromatic heterocycles. The quantitative estimate of drug-likeness (QED) is 0.753. The van der Waals surface area contributed by atoms with Crippen molar-refractivity contribution in [3.63, 3.8) is 0 Å². The molecule has 2 heterocycles. The topological polar surface area (TPSA) is 30.7 Å². The highest BCUT2D eigenvalue weighted by atomic mass is 35.5. The number of aromatic nitrogens is 3. The van der Waals surface area contributed by atoms with Gasteiger partial charge in [0.2, 0.25) is 0 Å². The van der Waals surface area contributed by atoms with Gasteiger partial charge in [-0.25, -0.2) is 0 Å². The van der Waals surface area contributed by atoms with E-state index in [1.165, 1.54) is 12.8 Å². The predicted molar refractivity (Wildman–Crippen MR) is 86.2 cm³/mol. The van der Waals surface area contributed by atoms with E-state index in [-0.39, 0.29) is 0 Å². The van der Waals surface area contributed by atoms with E-state index in [0.717, 1.165) is 21.8 Å². The van der Waals surface area contributed by atoms with Crippen LogP contribution < -0.4 is 0 Å². The van der Waals surface area contributed by atoms with Crippen molar-refractivity contribution < 1.29 is 0 Å². The summed E-state index contributed by atoms with van der Waals surface area (Å²) >= 11 is 6.08. The number of aryl methyl sites for hydroxylation is 1. The van der Waals surface area contributed by atoms with E-state index in [2.05, 4.69) is 10.1 Å². The third-order valence-corrected chi connectivity index (χ3v) is 3.26. The van der Waals surface area contributed by atoms with E-state index >= 15 is 0 Å². The highest BCUT2D eigenvalue weighted by Gasteiger charge is 2.24. The fourth-order valence-electron chi connectivity index (χ4n) is 1.67. The molecule has 0 saturated heterocycles. The van der Waals surface area contributed by atoms with Gasteiger partial charge >= 0.3 is 0 Å². The monoisotopic (exact) mass is 293 g/mol. The Labute approximate surface area is 127 Å². The van der Waals surface area contributed by atoms with E-state index in [4.69, 9.17) is 11.6 Å². The van der Waals surface area contributed by atoms with Crippen molar-refractivity contribution in [3.05, 3.63) is 35.2 Å². The summed E-state index contributed by atoms with van der Waals surface area (Å²) < 4.78 is 2.02. The van der Waals surface area contributed by atoms with Crippen molar-refractivity contribution in [2.75, 3.05) is 0 Å². The van der Waals surface area contributed by atoms with E-state index in [1.807, 2.05) is 57.8 Å². The third kappa shape index (κ3) is 4.07. The van der Waals surface area contributed by atoms with Crippen LogP contribution in [0.1, 0.15) is 52.1 Å². The van der Waals surface area contributed by atoms with Crippen molar-refractivity contribution in [1.82, 2.24) is 14.8 Å². The van der Waals surface area contributed by atoms with Gasteiger partial charge in [0.15, 0.2) is 0 Å². The summed E-state index contributed by atoms with van der Waals surface area (Å²) in [6, 6.07) is 2.50. The molecule has 0 aliphatic heterocycles. The van der Waals surface area contributed by atoms with Crippen LogP contribution >= 0.6 is 11.6 Å². The van der Waals surface area contributed by atoms with Crippen LogP contribution in [0.25, 0.3) is 11.3 Å². The fraction of sp³-hybridized carbons (Fsp3) is 0.500. The number of hydrogen-bond donors (Lipinski definition) is 0. The smallest absolute Gasteiger partial charge is 0.0748 e. The lowest BCUT2D eigenvalue weighted by atomic mass is 10.2. The molecule has 2 aromatic rings. The Bertz CT molecular complexity index is 530. The number of halogens is 1. The first kappa shape index (κ1) is 16.7. The number of rotatable bonds is 2. The van der Waals surface area contributed by atoms with Crippen LogP contribution in [0, 0.1) is 6.92 Å². The molecular weight excluding hydrogens is 270 g/mol. The molecule has 0 spiro atoms. The van der Waals surface area contributed by atoms with E-state index in [9.17, 15) is 0 Å². The van der Waals surface area contributed by atoms with Crippen LogP contribution in [0.15, 0.2) is 24.7 Å².